The molecule has 2 rings (SSSR count). The molecule has 1 aliphatic rings. The summed E-state index contributed by atoms with van der Waals surface area (Å²) in [6.07, 6.45) is -0.490. The van der Waals surface area contributed by atoms with Crippen molar-refractivity contribution in [3.05, 3.63) is 29.8 Å². The van der Waals surface area contributed by atoms with Gasteiger partial charge in [0.2, 0.25) is 0 Å². The van der Waals surface area contributed by atoms with Gasteiger partial charge in [0.25, 0.3) is 0 Å². The number of benzene rings is 1. The molecule has 0 aliphatic carbocycles. The summed E-state index contributed by atoms with van der Waals surface area (Å²) in [7, 11) is 1.51. The third-order valence-electron chi connectivity index (χ3n) is 3.66. The molecule has 132 valence electrons. The van der Waals surface area contributed by atoms with Crippen LogP contribution < -0.4 is 10.1 Å². The Labute approximate surface area is 141 Å². The van der Waals surface area contributed by atoms with E-state index in [1.54, 1.807) is 49.9 Å². The molecule has 24 heavy (non-hydrogen) atoms. The normalized spacial score (nSPS) is 16.8. The van der Waals surface area contributed by atoms with Crippen LogP contribution in [0, 0.1) is 0 Å². The van der Waals surface area contributed by atoms with Gasteiger partial charge in [0, 0.05) is 18.7 Å². The van der Waals surface area contributed by atoms with E-state index in [-0.39, 0.29) is 6.04 Å². The molecule has 2 N–H and O–H groups in total. The van der Waals surface area contributed by atoms with Crippen LogP contribution in [-0.4, -0.2) is 53.9 Å². The molecule has 1 aliphatic heterocycles. The van der Waals surface area contributed by atoms with E-state index in [1.165, 1.54) is 7.11 Å². The molecule has 0 unspecified atom stereocenters. The van der Waals surface area contributed by atoms with Crippen molar-refractivity contribution in [2.45, 2.75) is 38.5 Å². The zero-order valence-corrected chi connectivity index (χ0v) is 14.4. The maximum absolute atomic E-state index is 11.8. The van der Waals surface area contributed by atoms with Crippen LogP contribution in [0.2, 0.25) is 0 Å². The molecule has 1 aromatic carbocycles. The summed E-state index contributed by atoms with van der Waals surface area (Å²) in [5, 5.41) is 12.3. The Kier molecular flexibility index (Phi) is 5.33. The molecule has 1 heterocycles. The van der Waals surface area contributed by atoms with Crippen molar-refractivity contribution in [2.75, 3.05) is 20.2 Å². The topological polar surface area (TPSA) is 88.1 Å². The molecule has 0 saturated carbocycles. The second kappa shape index (κ2) is 7.09. The highest BCUT2D eigenvalue weighted by Crippen LogP contribution is 2.32. The van der Waals surface area contributed by atoms with Crippen molar-refractivity contribution in [3.8, 4) is 5.75 Å². The van der Waals surface area contributed by atoms with E-state index in [0.717, 1.165) is 0 Å². The van der Waals surface area contributed by atoms with Gasteiger partial charge in [-0.1, -0.05) is 18.2 Å². The maximum atomic E-state index is 11.8. The highest BCUT2D eigenvalue weighted by molar-refractivity contribution is 5.77. The zero-order valence-electron chi connectivity index (χ0n) is 14.4. The number of carbonyl (C=O) groups excluding carboxylic acids is 1. The Morgan fingerprint density at radius 3 is 2.46 bits per heavy atom. The Balaban J connectivity index is 1.99. The number of hydrogen-bond acceptors (Lipinski definition) is 5. The Morgan fingerprint density at radius 2 is 1.92 bits per heavy atom. The van der Waals surface area contributed by atoms with Crippen LogP contribution in [0.25, 0.3) is 0 Å². The number of nitrogens with one attached hydrogen (secondary N) is 1. The predicted molar refractivity (Wildman–Crippen MR) is 88.1 cm³/mol. The van der Waals surface area contributed by atoms with Gasteiger partial charge < -0.3 is 19.9 Å². The van der Waals surface area contributed by atoms with Gasteiger partial charge in [-0.05, 0) is 26.8 Å². The number of ether oxygens (including phenoxy) is 2. The van der Waals surface area contributed by atoms with E-state index in [2.05, 4.69) is 5.32 Å². The monoisotopic (exact) mass is 336 g/mol. The summed E-state index contributed by atoms with van der Waals surface area (Å²) in [4.78, 5) is 25.2. The van der Waals surface area contributed by atoms with Gasteiger partial charge in [0.05, 0.1) is 13.2 Å². The summed E-state index contributed by atoms with van der Waals surface area (Å²) < 4.78 is 10.5. The van der Waals surface area contributed by atoms with E-state index >= 15 is 0 Å². The summed E-state index contributed by atoms with van der Waals surface area (Å²) in [6, 6.07) is 6.12. The molecule has 7 nitrogen and oxygen atoms in total. The number of para-hydroxylation sites is 1. The second-order valence-electron chi connectivity index (χ2n) is 6.78. The SMILES string of the molecule is COc1ccccc1[C@H](C(=O)O)N1CC(NC(=O)OC(C)(C)C)C1. The number of aliphatic carboxylic acids is 1. The van der Waals surface area contributed by atoms with Crippen molar-refractivity contribution in [1.29, 1.82) is 0 Å². The lowest BCUT2D eigenvalue weighted by molar-refractivity contribution is -0.145. The van der Waals surface area contributed by atoms with Crippen LogP contribution in [0.1, 0.15) is 32.4 Å². The van der Waals surface area contributed by atoms with E-state index in [9.17, 15) is 14.7 Å². The van der Waals surface area contributed by atoms with Gasteiger partial charge in [-0.3, -0.25) is 9.69 Å². The highest BCUT2D eigenvalue weighted by Gasteiger charge is 2.39. The number of hydrogen-bond donors (Lipinski definition) is 2. The first-order valence-electron chi connectivity index (χ1n) is 7.80. The highest BCUT2D eigenvalue weighted by atomic mass is 16.6. The molecule has 1 atom stereocenters. The van der Waals surface area contributed by atoms with Crippen LogP contribution in [0.15, 0.2) is 24.3 Å². The molecule has 1 aromatic rings. The second-order valence-corrected chi connectivity index (χ2v) is 6.78. The molecule has 0 aromatic heterocycles. The number of carboxylic acid groups (broad SMARTS) is 1. The van der Waals surface area contributed by atoms with Crippen LogP contribution in [0.4, 0.5) is 4.79 Å². The van der Waals surface area contributed by atoms with Crippen molar-refractivity contribution in [1.82, 2.24) is 10.2 Å². The molecule has 0 radical (unpaired) electrons. The van der Waals surface area contributed by atoms with Crippen molar-refractivity contribution >= 4 is 12.1 Å². The first-order valence-corrected chi connectivity index (χ1v) is 7.80. The predicted octanol–water partition coefficient (Wildman–Crippen LogP) is 2.03. The third kappa shape index (κ3) is 4.38. The largest absolute Gasteiger partial charge is 0.496 e. The molecule has 1 fully saturated rings. The zero-order chi connectivity index (χ0) is 17.9. The van der Waals surface area contributed by atoms with Gasteiger partial charge >= 0.3 is 12.1 Å². The Hall–Kier alpha value is -2.28. The van der Waals surface area contributed by atoms with Crippen LogP contribution in [0.3, 0.4) is 0 Å². The number of methoxy groups -OCH3 is 1. The van der Waals surface area contributed by atoms with Crippen LogP contribution in [0.5, 0.6) is 5.75 Å². The average molecular weight is 336 g/mol. The Bertz CT molecular complexity index is 605. The number of likely N-dealkylation sites (tertiary alicyclic amines) is 1. The minimum absolute atomic E-state index is 0.128. The van der Waals surface area contributed by atoms with Crippen molar-refractivity contribution in [2.24, 2.45) is 0 Å². The number of alkyl carbamates (subject to hydrolysis) is 1. The number of rotatable bonds is 5. The lowest BCUT2D eigenvalue weighted by atomic mass is 9.98. The van der Waals surface area contributed by atoms with Crippen molar-refractivity contribution < 1.29 is 24.2 Å². The van der Waals surface area contributed by atoms with E-state index in [4.69, 9.17) is 9.47 Å². The average Bonchev–Trinajstić information content (AvgIpc) is 2.43. The van der Waals surface area contributed by atoms with Gasteiger partial charge in [0.1, 0.15) is 17.4 Å². The molecular formula is C17H24N2O5. The fourth-order valence-electron chi connectivity index (χ4n) is 2.67. The minimum atomic E-state index is -0.949. The molecule has 7 heteroatoms. The fourth-order valence-corrected chi connectivity index (χ4v) is 2.67. The quantitative estimate of drug-likeness (QED) is 0.855. The summed E-state index contributed by atoms with van der Waals surface area (Å²) in [6.45, 7) is 6.26. The van der Waals surface area contributed by atoms with Gasteiger partial charge in [0.15, 0.2) is 0 Å². The first kappa shape index (κ1) is 18.1. The van der Waals surface area contributed by atoms with E-state index < -0.39 is 23.7 Å². The number of amides is 1. The molecule has 1 amide bonds. The Morgan fingerprint density at radius 1 is 1.29 bits per heavy atom. The standard InChI is InChI=1S/C17H24N2O5/c1-17(2,3)24-16(22)18-11-9-19(10-11)14(15(20)21)12-7-5-6-8-13(12)23-4/h5-8,11,14H,9-10H2,1-4H3,(H,18,22)(H,20,21)/t14-/m1/s1. The molecule has 0 spiro atoms. The lowest BCUT2D eigenvalue weighted by Gasteiger charge is -2.43. The number of carboxylic acids is 1. The van der Waals surface area contributed by atoms with Gasteiger partial charge in [-0.25, -0.2) is 4.79 Å². The molecule has 0 bridgehead atoms. The van der Waals surface area contributed by atoms with E-state index in [1.807, 2.05) is 0 Å². The van der Waals surface area contributed by atoms with Gasteiger partial charge in [-0.15, -0.1) is 0 Å². The number of nitrogens with zero attached hydrogens (tertiary/aromatic N) is 1. The van der Waals surface area contributed by atoms with Gasteiger partial charge in [-0.2, -0.15) is 0 Å². The molecular weight excluding hydrogens is 312 g/mol. The minimum Gasteiger partial charge on any atom is -0.496 e. The summed E-state index contributed by atoms with van der Waals surface area (Å²) in [5.41, 5.74) is 0.0392. The fraction of sp³-hybridized carbons (Fsp3) is 0.529. The number of carbonyl (C=O) groups is 2. The lowest BCUT2D eigenvalue weighted by Crippen LogP contribution is -2.61. The summed E-state index contributed by atoms with van der Waals surface area (Å²) >= 11 is 0. The van der Waals surface area contributed by atoms with Crippen LogP contribution >= 0.6 is 0 Å². The smallest absolute Gasteiger partial charge is 0.407 e. The maximum Gasteiger partial charge on any atom is 0.407 e. The third-order valence-corrected chi connectivity index (χ3v) is 3.66. The molecule has 1 saturated heterocycles. The van der Waals surface area contributed by atoms with Crippen molar-refractivity contribution in [3.63, 3.8) is 0 Å². The summed E-state index contributed by atoms with van der Waals surface area (Å²) in [5.74, 6) is -0.413. The van der Waals surface area contributed by atoms with Crippen LogP contribution in [-0.2, 0) is 9.53 Å². The van der Waals surface area contributed by atoms with E-state index in [0.29, 0.717) is 24.4 Å². The first-order chi connectivity index (χ1) is 11.2.